The second kappa shape index (κ2) is 5.60. The third-order valence-electron chi connectivity index (χ3n) is 2.44. The van der Waals surface area contributed by atoms with E-state index < -0.39 is 0 Å². The van der Waals surface area contributed by atoms with Gasteiger partial charge in [-0.1, -0.05) is 41.4 Å². The first-order valence-corrected chi connectivity index (χ1v) is 5.86. The Morgan fingerprint density at radius 1 is 1.17 bits per heavy atom. The molecule has 0 aliphatic rings. The van der Waals surface area contributed by atoms with Crippen LogP contribution in [-0.2, 0) is 6.54 Å². The molecule has 0 unspecified atom stereocenters. The molecule has 0 aliphatic carbocycles. The smallest absolute Gasteiger partial charge is 0.272 e. The lowest BCUT2D eigenvalue weighted by Crippen LogP contribution is -2.24. The maximum atomic E-state index is 11.7. The topological polar surface area (TPSA) is 54.9 Å². The van der Waals surface area contributed by atoms with E-state index in [9.17, 15) is 4.79 Å². The monoisotopic (exact) mass is 261 g/mol. The molecule has 1 aromatic carbocycles. The van der Waals surface area contributed by atoms with Gasteiger partial charge in [-0.3, -0.25) is 4.79 Å². The van der Waals surface area contributed by atoms with E-state index in [4.69, 9.17) is 11.6 Å². The first-order chi connectivity index (χ1) is 8.65. The summed E-state index contributed by atoms with van der Waals surface area (Å²) in [5, 5.41) is 10.4. The van der Waals surface area contributed by atoms with E-state index in [1.807, 2.05) is 31.2 Å². The van der Waals surface area contributed by atoms with E-state index in [0.29, 0.717) is 6.54 Å². The van der Waals surface area contributed by atoms with Crippen molar-refractivity contribution < 1.29 is 4.79 Å². The standard InChI is InChI=1S/C13H12ClN3O/c1-9-2-4-10(5-3-9)8-15-13(18)11-6-7-12(14)17-16-11/h2-7H,8H2,1H3,(H,15,18). The van der Waals surface area contributed by atoms with E-state index in [1.165, 1.54) is 11.6 Å². The minimum atomic E-state index is -0.264. The van der Waals surface area contributed by atoms with Crippen LogP contribution in [0.3, 0.4) is 0 Å². The molecule has 0 bridgehead atoms. The number of halogens is 1. The van der Waals surface area contributed by atoms with Crippen molar-refractivity contribution >= 4 is 17.5 Å². The molecular formula is C13H12ClN3O. The lowest BCUT2D eigenvalue weighted by molar-refractivity contribution is 0.0945. The predicted octanol–water partition coefficient (Wildman–Crippen LogP) is 2.37. The van der Waals surface area contributed by atoms with Gasteiger partial charge in [0.2, 0.25) is 0 Å². The number of nitrogens with one attached hydrogen (secondary N) is 1. The van der Waals surface area contributed by atoms with Crippen LogP contribution >= 0.6 is 11.6 Å². The van der Waals surface area contributed by atoms with Gasteiger partial charge < -0.3 is 5.32 Å². The first-order valence-electron chi connectivity index (χ1n) is 5.48. The highest BCUT2D eigenvalue weighted by molar-refractivity contribution is 6.29. The molecule has 4 nitrogen and oxygen atoms in total. The number of carbonyl (C=O) groups excluding carboxylic acids is 1. The van der Waals surface area contributed by atoms with Crippen molar-refractivity contribution in [2.45, 2.75) is 13.5 Å². The summed E-state index contributed by atoms with van der Waals surface area (Å²) in [6.45, 7) is 2.48. The molecular weight excluding hydrogens is 250 g/mol. The summed E-state index contributed by atoms with van der Waals surface area (Å²) >= 11 is 5.60. The Kier molecular flexibility index (Phi) is 3.89. The Hall–Kier alpha value is -1.94. The van der Waals surface area contributed by atoms with Gasteiger partial charge >= 0.3 is 0 Å². The van der Waals surface area contributed by atoms with Crippen LogP contribution in [0.2, 0.25) is 5.15 Å². The van der Waals surface area contributed by atoms with Crippen LogP contribution in [0, 0.1) is 6.92 Å². The fourth-order valence-electron chi connectivity index (χ4n) is 1.42. The Morgan fingerprint density at radius 3 is 2.50 bits per heavy atom. The zero-order chi connectivity index (χ0) is 13.0. The molecule has 0 atom stereocenters. The van der Waals surface area contributed by atoms with E-state index in [1.54, 1.807) is 6.07 Å². The van der Waals surface area contributed by atoms with Crippen LogP contribution in [0.1, 0.15) is 21.6 Å². The maximum Gasteiger partial charge on any atom is 0.272 e. The van der Waals surface area contributed by atoms with Crippen molar-refractivity contribution in [1.82, 2.24) is 15.5 Å². The van der Waals surface area contributed by atoms with Crippen molar-refractivity contribution in [2.24, 2.45) is 0 Å². The molecule has 0 spiro atoms. The number of hydrogen-bond donors (Lipinski definition) is 1. The zero-order valence-electron chi connectivity index (χ0n) is 9.85. The normalized spacial score (nSPS) is 10.1. The summed E-state index contributed by atoms with van der Waals surface area (Å²) in [5.41, 5.74) is 2.48. The van der Waals surface area contributed by atoms with Gasteiger partial charge in [-0.05, 0) is 24.6 Å². The molecule has 2 aromatic rings. The van der Waals surface area contributed by atoms with Gasteiger partial charge in [0.25, 0.3) is 5.91 Å². The lowest BCUT2D eigenvalue weighted by atomic mass is 10.1. The van der Waals surface area contributed by atoms with Crippen molar-refractivity contribution in [1.29, 1.82) is 0 Å². The van der Waals surface area contributed by atoms with Crippen LogP contribution in [-0.4, -0.2) is 16.1 Å². The molecule has 1 amide bonds. The van der Waals surface area contributed by atoms with Crippen molar-refractivity contribution in [3.8, 4) is 0 Å². The molecule has 0 fully saturated rings. The fraction of sp³-hybridized carbons (Fsp3) is 0.154. The SMILES string of the molecule is Cc1ccc(CNC(=O)c2ccc(Cl)nn2)cc1. The van der Waals surface area contributed by atoms with E-state index in [0.717, 1.165) is 5.56 Å². The van der Waals surface area contributed by atoms with Crippen LogP contribution in [0.15, 0.2) is 36.4 Å². The maximum absolute atomic E-state index is 11.7. The van der Waals surface area contributed by atoms with Gasteiger partial charge in [-0.25, -0.2) is 0 Å². The minimum Gasteiger partial charge on any atom is -0.347 e. The van der Waals surface area contributed by atoms with Gasteiger partial charge in [0.1, 0.15) is 0 Å². The molecule has 5 heteroatoms. The van der Waals surface area contributed by atoms with Crippen LogP contribution in [0.25, 0.3) is 0 Å². The van der Waals surface area contributed by atoms with Gasteiger partial charge in [0, 0.05) is 6.54 Å². The zero-order valence-corrected chi connectivity index (χ0v) is 10.6. The number of aromatic nitrogens is 2. The summed E-state index contributed by atoms with van der Waals surface area (Å²) in [6, 6.07) is 11.0. The van der Waals surface area contributed by atoms with Crippen molar-refractivity contribution in [3.05, 3.63) is 58.4 Å². The molecule has 0 radical (unpaired) electrons. The van der Waals surface area contributed by atoms with Gasteiger partial charge in [-0.15, -0.1) is 10.2 Å². The third-order valence-corrected chi connectivity index (χ3v) is 2.64. The summed E-state index contributed by atoms with van der Waals surface area (Å²) in [6.07, 6.45) is 0. The molecule has 2 rings (SSSR count). The van der Waals surface area contributed by atoms with Crippen molar-refractivity contribution in [2.75, 3.05) is 0 Å². The number of carbonyl (C=O) groups is 1. The van der Waals surface area contributed by atoms with Gasteiger partial charge in [0.15, 0.2) is 10.8 Å². The van der Waals surface area contributed by atoms with Crippen LogP contribution < -0.4 is 5.32 Å². The Balaban J connectivity index is 1.96. The van der Waals surface area contributed by atoms with Gasteiger partial charge in [0.05, 0.1) is 0 Å². The summed E-state index contributed by atoms with van der Waals surface area (Å²) in [4.78, 5) is 11.7. The molecule has 0 aliphatic heterocycles. The average Bonchev–Trinajstić information content (AvgIpc) is 2.38. The molecule has 18 heavy (non-hydrogen) atoms. The molecule has 0 saturated carbocycles. The Labute approximate surface area is 110 Å². The third kappa shape index (κ3) is 3.28. The first kappa shape index (κ1) is 12.5. The number of rotatable bonds is 3. The predicted molar refractivity (Wildman–Crippen MR) is 69.4 cm³/mol. The number of amides is 1. The van der Waals surface area contributed by atoms with Crippen LogP contribution in [0.4, 0.5) is 0 Å². The van der Waals surface area contributed by atoms with E-state index in [-0.39, 0.29) is 16.8 Å². The molecule has 1 aromatic heterocycles. The number of hydrogen-bond acceptors (Lipinski definition) is 3. The van der Waals surface area contributed by atoms with Crippen molar-refractivity contribution in [3.63, 3.8) is 0 Å². The minimum absolute atomic E-state index is 0.256. The quantitative estimate of drug-likeness (QED) is 0.923. The highest BCUT2D eigenvalue weighted by atomic mass is 35.5. The lowest BCUT2D eigenvalue weighted by Gasteiger charge is -2.04. The summed E-state index contributed by atoms with van der Waals surface area (Å²) in [7, 11) is 0. The molecule has 1 N–H and O–H groups in total. The Morgan fingerprint density at radius 2 is 1.89 bits per heavy atom. The number of benzene rings is 1. The van der Waals surface area contributed by atoms with Gasteiger partial charge in [-0.2, -0.15) is 0 Å². The Bertz CT molecular complexity index is 537. The van der Waals surface area contributed by atoms with E-state index >= 15 is 0 Å². The largest absolute Gasteiger partial charge is 0.347 e. The summed E-state index contributed by atoms with van der Waals surface area (Å²) < 4.78 is 0. The van der Waals surface area contributed by atoms with E-state index in [2.05, 4.69) is 15.5 Å². The highest BCUT2D eigenvalue weighted by Gasteiger charge is 2.07. The number of aryl methyl sites for hydroxylation is 1. The summed E-state index contributed by atoms with van der Waals surface area (Å²) in [5.74, 6) is -0.264. The molecule has 0 saturated heterocycles. The van der Waals surface area contributed by atoms with Crippen LogP contribution in [0.5, 0.6) is 0 Å². The fourth-order valence-corrected chi connectivity index (χ4v) is 1.52. The second-order valence-electron chi connectivity index (χ2n) is 3.91. The molecule has 1 heterocycles. The highest BCUT2D eigenvalue weighted by Crippen LogP contribution is 2.04. The average molecular weight is 262 g/mol. The molecule has 92 valence electrons. The second-order valence-corrected chi connectivity index (χ2v) is 4.30. The number of nitrogens with zero attached hydrogens (tertiary/aromatic N) is 2.